The van der Waals surface area contributed by atoms with E-state index in [-0.39, 0.29) is 11.8 Å². The van der Waals surface area contributed by atoms with Crippen molar-refractivity contribution in [3.05, 3.63) is 29.8 Å². The van der Waals surface area contributed by atoms with E-state index in [1.165, 1.54) is 0 Å². The van der Waals surface area contributed by atoms with E-state index >= 15 is 0 Å². The van der Waals surface area contributed by atoms with Crippen LogP contribution in [0.2, 0.25) is 0 Å². The Balaban J connectivity index is 1.71. The van der Waals surface area contributed by atoms with Crippen LogP contribution in [-0.2, 0) is 9.53 Å². The lowest BCUT2D eigenvalue weighted by molar-refractivity contribution is -0.132. The van der Waals surface area contributed by atoms with E-state index in [4.69, 9.17) is 9.47 Å². The van der Waals surface area contributed by atoms with E-state index in [2.05, 4.69) is 5.32 Å². The smallest absolute Gasteiger partial charge is 0.407 e. The van der Waals surface area contributed by atoms with Crippen molar-refractivity contribution in [3.8, 4) is 5.75 Å². The van der Waals surface area contributed by atoms with Gasteiger partial charge in [0.1, 0.15) is 11.4 Å². The number of amides is 3. The minimum Gasteiger partial charge on any atom is -0.497 e. The summed E-state index contributed by atoms with van der Waals surface area (Å²) in [5.41, 5.74) is 0.0411. The van der Waals surface area contributed by atoms with Gasteiger partial charge in [-0.25, -0.2) is 4.79 Å². The summed E-state index contributed by atoms with van der Waals surface area (Å²) in [6, 6.07) is 7.07. The van der Waals surface area contributed by atoms with Crippen molar-refractivity contribution in [2.45, 2.75) is 39.2 Å². The van der Waals surface area contributed by atoms with Crippen LogP contribution < -0.4 is 10.1 Å². The summed E-state index contributed by atoms with van der Waals surface area (Å²) in [4.78, 5) is 40.1. The van der Waals surface area contributed by atoms with Crippen LogP contribution in [0.25, 0.3) is 0 Å². The highest BCUT2D eigenvalue weighted by Gasteiger charge is 2.25. The van der Waals surface area contributed by atoms with Gasteiger partial charge in [0, 0.05) is 44.7 Å². The predicted molar refractivity (Wildman–Crippen MR) is 109 cm³/mol. The van der Waals surface area contributed by atoms with Gasteiger partial charge in [0.25, 0.3) is 5.91 Å². The lowest BCUT2D eigenvalue weighted by Crippen LogP contribution is -2.50. The molecule has 0 spiro atoms. The summed E-state index contributed by atoms with van der Waals surface area (Å²) in [5, 5.41) is 2.65. The summed E-state index contributed by atoms with van der Waals surface area (Å²) in [7, 11) is 1.57. The first-order chi connectivity index (χ1) is 13.7. The molecule has 2 rings (SSSR count). The fraction of sp³-hybridized carbons (Fsp3) is 0.571. The fourth-order valence-electron chi connectivity index (χ4n) is 3.00. The van der Waals surface area contributed by atoms with Gasteiger partial charge in [0.15, 0.2) is 0 Å². The summed E-state index contributed by atoms with van der Waals surface area (Å²) >= 11 is 0. The first kappa shape index (κ1) is 22.5. The topological polar surface area (TPSA) is 88.2 Å². The maximum Gasteiger partial charge on any atom is 0.407 e. The van der Waals surface area contributed by atoms with E-state index in [0.717, 1.165) is 0 Å². The van der Waals surface area contributed by atoms with Gasteiger partial charge in [-0.05, 0) is 45.4 Å². The third kappa shape index (κ3) is 7.29. The fourth-order valence-corrected chi connectivity index (χ4v) is 3.00. The Morgan fingerprint density at radius 3 is 2.34 bits per heavy atom. The Morgan fingerprint density at radius 2 is 1.72 bits per heavy atom. The molecule has 1 N–H and O–H groups in total. The second-order valence-corrected chi connectivity index (χ2v) is 7.94. The number of carbonyl (C=O) groups is 3. The molecule has 29 heavy (non-hydrogen) atoms. The molecule has 1 aromatic carbocycles. The van der Waals surface area contributed by atoms with Crippen LogP contribution in [-0.4, -0.2) is 73.1 Å². The minimum atomic E-state index is -0.540. The van der Waals surface area contributed by atoms with Crippen molar-refractivity contribution in [3.63, 3.8) is 0 Å². The van der Waals surface area contributed by atoms with Gasteiger partial charge in [-0.3, -0.25) is 9.59 Å². The number of hydrogen-bond donors (Lipinski definition) is 1. The number of carbonyl (C=O) groups excluding carboxylic acids is 3. The lowest BCUT2D eigenvalue weighted by Gasteiger charge is -2.35. The van der Waals surface area contributed by atoms with Crippen LogP contribution in [0.15, 0.2) is 24.3 Å². The van der Waals surface area contributed by atoms with Gasteiger partial charge in [-0.1, -0.05) is 6.07 Å². The predicted octanol–water partition coefficient (Wildman–Crippen LogP) is 2.28. The second-order valence-electron chi connectivity index (χ2n) is 7.94. The third-order valence-corrected chi connectivity index (χ3v) is 4.47. The summed E-state index contributed by atoms with van der Waals surface area (Å²) in [6.45, 7) is 7.80. The summed E-state index contributed by atoms with van der Waals surface area (Å²) in [5.74, 6) is 0.617. The van der Waals surface area contributed by atoms with E-state index in [0.29, 0.717) is 56.9 Å². The van der Waals surface area contributed by atoms with Crippen LogP contribution in [0, 0.1) is 0 Å². The van der Waals surface area contributed by atoms with Gasteiger partial charge >= 0.3 is 6.09 Å². The highest BCUT2D eigenvalue weighted by atomic mass is 16.6. The van der Waals surface area contributed by atoms with Gasteiger partial charge in [0.2, 0.25) is 5.91 Å². The zero-order valence-corrected chi connectivity index (χ0v) is 17.7. The zero-order valence-electron chi connectivity index (χ0n) is 17.7. The van der Waals surface area contributed by atoms with Gasteiger partial charge in [-0.15, -0.1) is 0 Å². The monoisotopic (exact) mass is 405 g/mol. The Kier molecular flexibility index (Phi) is 7.87. The Morgan fingerprint density at radius 1 is 1.07 bits per heavy atom. The number of nitrogens with one attached hydrogen (secondary N) is 1. The Hall–Kier alpha value is -2.77. The summed E-state index contributed by atoms with van der Waals surface area (Å²) < 4.78 is 10.3. The first-order valence-electron chi connectivity index (χ1n) is 9.87. The average Bonchev–Trinajstić information content (AvgIpc) is 2.69. The molecule has 1 fully saturated rings. The Bertz CT molecular complexity index is 721. The first-order valence-corrected chi connectivity index (χ1v) is 9.87. The number of piperazine rings is 1. The standard InChI is InChI=1S/C21H31N3O5/c1-21(2,3)29-20(27)22-10-6-9-18(25)23-11-13-24(14-12-23)19(26)16-7-5-8-17(15-16)28-4/h5,7-8,15H,6,9-14H2,1-4H3,(H,22,27). The molecule has 3 amide bonds. The molecule has 1 heterocycles. The molecule has 0 radical (unpaired) electrons. The van der Waals surface area contributed by atoms with Crippen LogP contribution >= 0.6 is 0 Å². The van der Waals surface area contributed by atoms with Crippen molar-refractivity contribution >= 4 is 17.9 Å². The number of hydrogen-bond acceptors (Lipinski definition) is 5. The molecular formula is C21H31N3O5. The normalized spacial score (nSPS) is 14.3. The molecule has 8 nitrogen and oxygen atoms in total. The molecule has 8 heteroatoms. The largest absolute Gasteiger partial charge is 0.497 e. The van der Waals surface area contributed by atoms with Crippen LogP contribution in [0.3, 0.4) is 0 Å². The number of nitrogens with zero attached hydrogens (tertiary/aromatic N) is 2. The van der Waals surface area contributed by atoms with Crippen LogP contribution in [0.4, 0.5) is 4.79 Å². The minimum absolute atomic E-state index is 0.0319. The zero-order chi connectivity index (χ0) is 21.4. The molecule has 0 atom stereocenters. The van der Waals surface area contributed by atoms with Crippen LogP contribution in [0.1, 0.15) is 44.0 Å². The number of rotatable bonds is 6. The lowest BCUT2D eigenvalue weighted by atomic mass is 10.1. The van der Waals surface area contributed by atoms with Crippen molar-refractivity contribution in [1.82, 2.24) is 15.1 Å². The molecule has 0 unspecified atom stereocenters. The highest BCUT2D eigenvalue weighted by Crippen LogP contribution is 2.16. The third-order valence-electron chi connectivity index (χ3n) is 4.47. The quantitative estimate of drug-likeness (QED) is 0.734. The highest BCUT2D eigenvalue weighted by molar-refractivity contribution is 5.94. The maximum absolute atomic E-state index is 12.6. The van der Waals surface area contributed by atoms with Crippen LogP contribution in [0.5, 0.6) is 5.75 Å². The van der Waals surface area contributed by atoms with E-state index in [1.807, 2.05) is 0 Å². The number of methoxy groups -OCH3 is 1. The molecule has 0 saturated carbocycles. The Labute approximate surface area is 172 Å². The van der Waals surface area contributed by atoms with Crippen molar-refractivity contribution in [2.24, 2.45) is 0 Å². The molecular weight excluding hydrogens is 374 g/mol. The van der Waals surface area contributed by atoms with Gasteiger partial charge in [0.05, 0.1) is 7.11 Å². The molecule has 1 aliphatic heterocycles. The SMILES string of the molecule is COc1cccc(C(=O)N2CCN(C(=O)CCCNC(=O)OC(C)(C)C)CC2)c1. The molecule has 1 aromatic rings. The number of ether oxygens (including phenoxy) is 2. The van der Waals surface area contributed by atoms with Gasteiger partial charge < -0.3 is 24.6 Å². The number of benzene rings is 1. The van der Waals surface area contributed by atoms with E-state index < -0.39 is 11.7 Å². The summed E-state index contributed by atoms with van der Waals surface area (Å²) in [6.07, 6.45) is 0.412. The van der Waals surface area contributed by atoms with Crippen molar-refractivity contribution in [2.75, 3.05) is 39.8 Å². The van der Waals surface area contributed by atoms with Crippen molar-refractivity contribution < 1.29 is 23.9 Å². The molecule has 1 aliphatic rings. The molecule has 160 valence electrons. The van der Waals surface area contributed by atoms with Gasteiger partial charge in [-0.2, -0.15) is 0 Å². The number of alkyl carbamates (subject to hydrolysis) is 1. The second kappa shape index (κ2) is 10.1. The average molecular weight is 405 g/mol. The van der Waals surface area contributed by atoms with E-state index in [9.17, 15) is 14.4 Å². The molecule has 0 bridgehead atoms. The van der Waals surface area contributed by atoms with Crippen molar-refractivity contribution in [1.29, 1.82) is 0 Å². The van der Waals surface area contributed by atoms with E-state index in [1.54, 1.807) is 61.9 Å². The molecule has 1 saturated heterocycles. The molecule has 0 aromatic heterocycles. The maximum atomic E-state index is 12.6. The molecule has 0 aliphatic carbocycles.